The van der Waals surface area contributed by atoms with Crippen molar-refractivity contribution >= 4 is 50.7 Å². The molecule has 2 atom stereocenters. The fraction of sp³-hybridized carbons (Fsp3) is 0.476. The Morgan fingerprint density at radius 1 is 1.06 bits per heavy atom. The van der Waals surface area contributed by atoms with Gasteiger partial charge in [0.2, 0.25) is 22.1 Å². The molecule has 0 spiro atoms. The summed E-state index contributed by atoms with van der Waals surface area (Å²) >= 11 is 2.47. The molecule has 1 aliphatic rings. The third-order valence-corrected chi connectivity index (χ3v) is 6.64. The lowest BCUT2D eigenvalue weighted by Gasteiger charge is -2.13. The molecule has 14 heteroatoms. The number of aliphatic carboxylic acids is 1. The first-order valence-corrected chi connectivity index (χ1v) is 12.5. The van der Waals surface area contributed by atoms with Crippen molar-refractivity contribution in [2.75, 3.05) is 10.6 Å². The van der Waals surface area contributed by atoms with Crippen LogP contribution < -0.4 is 10.6 Å². The van der Waals surface area contributed by atoms with E-state index in [-0.39, 0.29) is 29.2 Å². The largest absolute Gasteiger partial charge is 0.479 e. The number of aromatic nitrogens is 4. The Morgan fingerprint density at radius 2 is 1.63 bits per heavy atom. The molecule has 35 heavy (non-hydrogen) atoms. The van der Waals surface area contributed by atoms with Crippen LogP contribution in [0.2, 0.25) is 0 Å². The second-order valence-corrected chi connectivity index (χ2v) is 10.2. The van der Waals surface area contributed by atoms with Crippen molar-refractivity contribution < 1.29 is 29.0 Å². The number of nitrogens with one attached hydrogen (secondary N) is 2. The first-order valence-electron chi connectivity index (χ1n) is 10.9. The van der Waals surface area contributed by atoms with Crippen LogP contribution in [0.3, 0.4) is 0 Å². The summed E-state index contributed by atoms with van der Waals surface area (Å²) in [6.07, 6.45) is 4.28. The Labute approximate surface area is 208 Å². The molecule has 2 aromatic rings. The number of unbranched alkanes of at least 4 members (excludes halogenated alkanes) is 1. The summed E-state index contributed by atoms with van der Waals surface area (Å²) in [6.45, 7) is 1.90. The lowest BCUT2D eigenvalue weighted by Crippen LogP contribution is -2.26. The van der Waals surface area contributed by atoms with Gasteiger partial charge in [-0.25, -0.2) is 9.18 Å². The van der Waals surface area contributed by atoms with E-state index in [0.29, 0.717) is 35.0 Å². The fourth-order valence-corrected chi connectivity index (χ4v) is 4.89. The Morgan fingerprint density at radius 3 is 2.17 bits per heavy atom. The van der Waals surface area contributed by atoms with Gasteiger partial charge in [-0.1, -0.05) is 35.7 Å². The van der Waals surface area contributed by atoms with Crippen LogP contribution >= 0.6 is 22.7 Å². The minimum Gasteiger partial charge on any atom is -0.479 e. The average molecular weight is 525 g/mol. The van der Waals surface area contributed by atoms with Crippen LogP contribution in [-0.4, -0.2) is 54.5 Å². The number of allylic oxidation sites excluding steroid dienone is 3. The van der Waals surface area contributed by atoms with E-state index in [0.717, 1.165) is 17.8 Å². The molecule has 2 amide bonds. The van der Waals surface area contributed by atoms with Gasteiger partial charge in [0.05, 0.1) is 12.8 Å². The summed E-state index contributed by atoms with van der Waals surface area (Å²) in [5.74, 6) is -2.54. The van der Waals surface area contributed by atoms with Gasteiger partial charge in [0, 0.05) is 19.3 Å². The second kappa shape index (κ2) is 12.6. The van der Waals surface area contributed by atoms with E-state index in [4.69, 9.17) is 5.11 Å². The van der Waals surface area contributed by atoms with Gasteiger partial charge in [-0.3, -0.25) is 9.59 Å². The van der Waals surface area contributed by atoms with Gasteiger partial charge in [-0.05, 0) is 30.4 Å². The van der Waals surface area contributed by atoms with Crippen LogP contribution in [0, 0.1) is 5.92 Å². The van der Waals surface area contributed by atoms with Gasteiger partial charge in [0.15, 0.2) is 6.10 Å². The minimum atomic E-state index is -1.77. The van der Waals surface area contributed by atoms with E-state index in [1.165, 1.54) is 28.7 Å². The molecule has 4 N–H and O–H groups in total. The summed E-state index contributed by atoms with van der Waals surface area (Å²) in [7, 11) is 0. The Hall–Kier alpha value is -3.10. The van der Waals surface area contributed by atoms with Crippen LogP contribution in [0.15, 0.2) is 23.6 Å². The van der Waals surface area contributed by atoms with Crippen molar-refractivity contribution in [2.45, 2.75) is 58.0 Å². The number of rotatable bonds is 12. The van der Waals surface area contributed by atoms with Crippen molar-refractivity contribution in [1.82, 2.24) is 20.4 Å². The van der Waals surface area contributed by atoms with Crippen molar-refractivity contribution in [3.8, 4) is 0 Å². The Bertz CT molecular complexity index is 1130. The maximum absolute atomic E-state index is 13.6. The minimum absolute atomic E-state index is 0.0688. The number of hydrogen-bond acceptors (Lipinski definition) is 10. The van der Waals surface area contributed by atoms with Crippen LogP contribution in [0.25, 0.3) is 0 Å². The molecule has 0 saturated carbocycles. The predicted molar refractivity (Wildman–Crippen MR) is 128 cm³/mol. The first-order chi connectivity index (χ1) is 16.7. The number of halogens is 1. The first kappa shape index (κ1) is 26.5. The Balaban J connectivity index is 1.36. The molecular weight excluding hydrogens is 499 g/mol. The van der Waals surface area contributed by atoms with E-state index in [1.54, 1.807) is 0 Å². The van der Waals surface area contributed by atoms with Crippen LogP contribution in [0.4, 0.5) is 14.7 Å². The molecule has 188 valence electrons. The van der Waals surface area contributed by atoms with Crippen LogP contribution in [0.5, 0.6) is 0 Å². The molecule has 1 aliphatic carbocycles. The number of aliphatic hydroxyl groups is 1. The third kappa shape index (κ3) is 8.88. The van der Waals surface area contributed by atoms with Gasteiger partial charge >= 0.3 is 5.97 Å². The standard InChI is InChI=1S/C21H25FN6O5S2/c1-11-6-12(8-13(22)7-11)9-15(30)23-20-27-25-17(34-20)4-2-3-5-18-26-28-21(35-18)24-16(31)10-14(29)19(32)33/h6,8,11,14,29H,2-5,7,9-10H2,1H3,(H,32,33)(H,23,27,30)(H,24,28,31)/t11?,14-/m1/s1. The van der Waals surface area contributed by atoms with E-state index >= 15 is 0 Å². The summed E-state index contributed by atoms with van der Waals surface area (Å²) in [4.78, 5) is 34.5. The third-order valence-electron chi connectivity index (χ3n) is 4.84. The van der Waals surface area contributed by atoms with E-state index < -0.39 is 24.4 Å². The van der Waals surface area contributed by atoms with Gasteiger partial charge in [0.1, 0.15) is 15.8 Å². The van der Waals surface area contributed by atoms with Gasteiger partial charge < -0.3 is 20.8 Å². The zero-order chi connectivity index (χ0) is 25.4. The molecule has 2 aromatic heterocycles. The molecule has 0 fully saturated rings. The predicted octanol–water partition coefficient (Wildman–Crippen LogP) is 2.88. The van der Waals surface area contributed by atoms with Crippen LogP contribution in [0.1, 0.15) is 49.0 Å². The quantitative estimate of drug-likeness (QED) is 0.305. The highest BCUT2D eigenvalue weighted by atomic mass is 32.1. The monoisotopic (exact) mass is 524 g/mol. The van der Waals surface area contributed by atoms with Crippen LogP contribution in [-0.2, 0) is 27.2 Å². The number of carbonyl (C=O) groups is 3. The number of carboxylic acids is 1. The van der Waals surface area contributed by atoms with E-state index in [1.807, 2.05) is 13.0 Å². The molecule has 3 rings (SSSR count). The number of carboxylic acid groups (broad SMARTS) is 1. The smallest absolute Gasteiger partial charge is 0.333 e. The Kier molecular flexibility index (Phi) is 9.51. The zero-order valence-corrected chi connectivity index (χ0v) is 20.5. The number of hydrogen-bond donors (Lipinski definition) is 4. The van der Waals surface area contributed by atoms with Gasteiger partial charge in [-0.2, -0.15) is 0 Å². The molecule has 0 aliphatic heterocycles. The normalized spacial score (nSPS) is 16.3. The molecule has 11 nitrogen and oxygen atoms in total. The molecule has 0 bridgehead atoms. The number of aryl methyl sites for hydroxylation is 2. The second-order valence-electron chi connectivity index (χ2n) is 8.05. The van der Waals surface area contributed by atoms with Gasteiger partial charge in [-0.15, -0.1) is 20.4 Å². The van der Waals surface area contributed by atoms with E-state index in [2.05, 4.69) is 31.0 Å². The molecule has 2 heterocycles. The van der Waals surface area contributed by atoms with Crippen molar-refractivity contribution in [2.24, 2.45) is 5.92 Å². The lowest BCUT2D eigenvalue weighted by molar-refractivity contribution is -0.148. The molecular formula is C21H25FN6O5S2. The molecule has 0 saturated heterocycles. The summed E-state index contributed by atoms with van der Waals surface area (Å²) in [5, 5.41) is 41.0. The number of nitrogens with zero attached hydrogens (tertiary/aromatic N) is 4. The van der Waals surface area contributed by atoms with Crippen molar-refractivity contribution in [3.05, 3.63) is 33.6 Å². The number of amides is 2. The molecule has 1 unspecified atom stereocenters. The van der Waals surface area contributed by atoms with E-state index in [9.17, 15) is 23.9 Å². The highest BCUT2D eigenvalue weighted by Gasteiger charge is 2.19. The molecule has 0 radical (unpaired) electrons. The number of aliphatic hydroxyl groups excluding tert-OH is 1. The lowest BCUT2D eigenvalue weighted by atomic mass is 9.95. The summed E-state index contributed by atoms with van der Waals surface area (Å²) in [5.41, 5.74) is 0.653. The average Bonchev–Trinajstić information content (AvgIpc) is 3.39. The number of carbonyl (C=O) groups excluding carboxylic acids is 2. The maximum Gasteiger partial charge on any atom is 0.333 e. The maximum atomic E-state index is 13.6. The topological polar surface area (TPSA) is 167 Å². The SMILES string of the molecule is CC1C=C(CC(=O)Nc2nnc(CCCCc3nnc(NC(=O)C[C@@H](O)C(=O)O)s3)s2)C=C(F)C1. The zero-order valence-electron chi connectivity index (χ0n) is 18.9. The summed E-state index contributed by atoms with van der Waals surface area (Å²) in [6, 6.07) is 0. The van der Waals surface area contributed by atoms with Crippen molar-refractivity contribution in [3.63, 3.8) is 0 Å². The van der Waals surface area contributed by atoms with Crippen molar-refractivity contribution in [1.29, 1.82) is 0 Å². The highest BCUT2D eigenvalue weighted by Crippen LogP contribution is 2.26. The molecule has 0 aromatic carbocycles. The van der Waals surface area contributed by atoms with Gasteiger partial charge in [0.25, 0.3) is 0 Å². The number of anilines is 2. The fourth-order valence-electron chi connectivity index (χ4n) is 3.29. The highest BCUT2D eigenvalue weighted by molar-refractivity contribution is 7.15. The summed E-state index contributed by atoms with van der Waals surface area (Å²) < 4.78 is 13.6.